The van der Waals surface area contributed by atoms with Crippen molar-refractivity contribution >= 4 is 5.91 Å². The minimum atomic E-state index is 0.250. The van der Waals surface area contributed by atoms with Crippen molar-refractivity contribution in [3.8, 4) is 0 Å². The van der Waals surface area contributed by atoms with Crippen LogP contribution in [0.1, 0.15) is 39.0 Å². The predicted molar refractivity (Wildman–Crippen MR) is 56.1 cm³/mol. The lowest BCUT2D eigenvalue weighted by atomic mass is 10.0. The highest BCUT2D eigenvalue weighted by Crippen LogP contribution is 2.27. The van der Waals surface area contributed by atoms with Crippen molar-refractivity contribution < 1.29 is 4.79 Å². The van der Waals surface area contributed by atoms with Crippen LogP contribution in [0.4, 0.5) is 0 Å². The van der Waals surface area contributed by atoms with Gasteiger partial charge in [-0.3, -0.25) is 4.79 Å². The van der Waals surface area contributed by atoms with Crippen molar-refractivity contribution in [2.45, 2.75) is 51.1 Å². The van der Waals surface area contributed by atoms with Crippen LogP contribution in [0.3, 0.4) is 0 Å². The predicted octanol–water partition coefficient (Wildman–Crippen LogP) is 1.14. The molecule has 1 aliphatic carbocycles. The zero-order valence-corrected chi connectivity index (χ0v) is 8.96. The summed E-state index contributed by atoms with van der Waals surface area (Å²) in [5.74, 6) is 0.250. The first-order valence-electron chi connectivity index (χ1n) is 5.78. The fraction of sp³-hybridized carbons (Fsp3) is 0.909. The highest BCUT2D eigenvalue weighted by Gasteiger charge is 2.32. The molecular formula is C11H20N2O. The first kappa shape index (κ1) is 9.97. The summed E-state index contributed by atoms with van der Waals surface area (Å²) < 4.78 is 0. The average molecular weight is 196 g/mol. The highest BCUT2D eigenvalue weighted by molar-refractivity contribution is 5.74. The van der Waals surface area contributed by atoms with E-state index in [0.717, 1.165) is 13.1 Å². The summed E-state index contributed by atoms with van der Waals surface area (Å²) in [6.07, 6.45) is 6.27. The molecule has 2 aliphatic rings. The van der Waals surface area contributed by atoms with Crippen LogP contribution < -0.4 is 5.32 Å². The van der Waals surface area contributed by atoms with Gasteiger partial charge in [0.15, 0.2) is 0 Å². The van der Waals surface area contributed by atoms with E-state index in [0.29, 0.717) is 12.1 Å². The van der Waals surface area contributed by atoms with Crippen LogP contribution in [-0.4, -0.2) is 36.0 Å². The van der Waals surface area contributed by atoms with Gasteiger partial charge in [-0.05, 0) is 32.2 Å². The van der Waals surface area contributed by atoms with E-state index in [4.69, 9.17) is 0 Å². The fourth-order valence-corrected chi connectivity index (χ4v) is 2.24. The second-order valence-electron chi connectivity index (χ2n) is 4.55. The first-order chi connectivity index (χ1) is 6.77. The quantitative estimate of drug-likeness (QED) is 0.734. The summed E-state index contributed by atoms with van der Waals surface area (Å²) in [5.41, 5.74) is 0. The van der Waals surface area contributed by atoms with E-state index in [9.17, 15) is 4.79 Å². The number of nitrogens with one attached hydrogen (secondary N) is 1. The standard InChI is InChI=1S/C11H20N2O/c1-9(14)13(11-5-6-11)8-10-4-2-3-7-12-10/h10-12H,2-8H2,1H3. The van der Waals surface area contributed by atoms with Crippen LogP contribution in [0.2, 0.25) is 0 Å². The maximum absolute atomic E-state index is 11.4. The topological polar surface area (TPSA) is 32.3 Å². The van der Waals surface area contributed by atoms with Crippen molar-refractivity contribution in [1.29, 1.82) is 0 Å². The van der Waals surface area contributed by atoms with Crippen molar-refractivity contribution in [2.75, 3.05) is 13.1 Å². The number of rotatable bonds is 3. The van der Waals surface area contributed by atoms with Crippen LogP contribution >= 0.6 is 0 Å². The average Bonchev–Trinajstić information content (AvgIpc) is 2.99. The Kier molecular flexibility index (Phi) is 3.06. The Morgan fingerprint density at radius 1 is 1.36 bits per heavy atom. The molecule has 3 heteroatoms. The molecule has 0 radical (unpaired) electrons. The Balaban J connectivity index is 1.82. The summed E-state index contributed by atoms with van der Waals surface area (Å²) >= 11 is 0. The molecule has 0 aromatic rings. The zero-order chi connectivity index (χ0) is 9.97. The monoisotopic (exact) mass is 196 g/mol. The van der Waals surface area contributed by atoms with E-state index >= 15 is 0 Å². The van der Waals surface area contributed by atoms with Crippen molar-refractivity contribution in [1.82, 2.24) is 10.2 Å². The van der Waals surface area contributed by atoms with Crippen LogP contribution in [-0.2, 0) is 4.79 Å². The van der Waals surface area contributed by atoms with Crippen molar-refractivity contribution in [3.05, 3.63) is 0 Å². The minimum absolute atomic E-state index is 0.250. The van der Waals surface area contributed by atoms with E-state index in [2.05, 4.69) is 10.2 Å². The van der Waals surface area contributed by atoms with E-state index in [-0.39, 0.29) is 5.91 Å². The molecule has 3 nitrogen and oxygen atoms in total. The summed E-state index contributed by atoms with van der Waals surface area (Å²) in [6.45, 7) is 3.75. The fourth-order valence-electron chi connectivity index (χ4n) is 2.24. The van der Waals surface area contributed by atoms with Gasteiger partial charge in [-0.25, -0.2) is 0 Å². The van der Waals surface area contributed by atoms with Gasteiger partial charge in [-0.15, -0.1) is 0 Å². The molecule has 14 heavy (non-hydrogen) atoms. The van der Waals surface area contributed by atoms with Gasteiger partial charge in [0, 0.05) is 25.6 Å². The summed E-state index contributed by atoms with van der Waals surface area (Å²) in [5, 5.41) is 3.49. The van der Waals surface area contributed by atoms with E-state index in [1.54, 1.807) is 6.92 Å². The van der Waals surface area contributed by atoms with Gasteiger partial charge in [0.1, 0.15) is 0 Å². The first-order valence-corrected chi connectivity index (χ1v) is 5.78. The Morgan fingerprint density at radius 2 is 2.14 bits per heavy atom. The molecule has 1 amide bonds. The molecule has 1 N–H and O–H groups in total. The number of nitrogens with zero attached hydrogens (tertiary/aromatic N) is 1. The normalized spacial score (nSPS) is 27.4. The molecule has 1 unspecified atom stereocenters. The lowest BCUT2D eigenvalue weighted by Crippen LogP contribution is -2.46. The van der Waals surface area contributed by atoms with E-state index in [1.807, 2.05) is 0 Å². The SMILES string of the molecule is CC(=O)N(CC1CCCCN1)C1CC1. The zero-order valence-electron chi connectivity index (χ0n) is 8.96. The number of carbonyl (C=O) groups is 1. The number of hydrogen-bond donors (Lipinski definition) is 1. The van der Waals surface area contributed by atoms with Gasteiger partial charge in [-0.2, -0.15) is 0 Å². The van der Waals surface area contributed by atoms with Crippen LogP contribution in [0.15, 0.2) is 0 Å². The van der Waals surface area contributed by atoms with E-state index < -0.39 is 0 Å². The molecule has 1 atom stereocenters. The van der Waals surface area contributed by atoms with Crippen molar-refractivity contribution in [3.63, 3.8) is 0 Å². The molecule has 1 heterocycles. The second-order valence-corrected chi connectivity index (χ2v) is 4.55. The largest absolute Gasteiger partial charge is 0.338 e. The molecule has 1 aliphatic heterocycles. The molecule has 0 aromatic carbocycles. The number of amides is 1. The smallest absolute Gasteiger partial charge is 0.219 e. The number of carbonyl (C=O) groups excluding carboxylic acids is 1. The molecule has 1 saturated heterocycles. The molecule has 2 rings (SSSR count). The second kappa shape index (κ2) is 4.30. The Hall–Kier alpha value is -0.570. The van der Waals surface area contributed by atoms with Crippen LogP contribution in [0, 0.1) is 0 Å². The molecule has 0 spiro atoms. The lowest BCUT2D eigenvalue weighted by Gasteiger charge is -2.30. The molecule has 0 aromatic heterocycles. The third kappa shape index (κ3) is 2.47. The molecule has 2 fully saturated rings. The Labute approximate surface area is 85.8 Å². The van der Waals surface area contributed by atoms with Crippen molar-refractivity contribution in [2.24, 2.45) is 0 Å². The molecule has 1 saturated carbocycles. The number of hydrogen-bond acceptors (Lipinski definition) is 2. The van der Waals surface area contributed by atoms with Gasteiger partial charge >= 0.3 is 0 Å². The minimum Gasteiger partial charge on any atom is -0.338 e. The van der Waals surface area contributed by atoms with Crippen LogP contribution in [0.5, 0.6) is 0 Å². The molecular weight excluding hydrogens is 176 g/mol. The van der Waals surface area contributed by atoms with Gasteiger partial charge in [0.2, 0.25) is 5.91 Å². The van der Waals surface area contributed by atoms with Gasteiger partial charge in [0.25, 0.3) is 0 Å². The summed E-state index contributed by atoms with van der Waals surface area (Å²) in [7, 11) is 0. The lowest BCUT2D eigenvalue weighted by molar-refractivity contribution is -0.129. The summed E-state index contributed by atoms with van der Waals surface area (Å²) in [6, 6.07) is 1.12. The summed E-state index contributed by atoms with van der Waals surface area (Å²) in [4.78, 5) is 13.5. The third-order valence-electron chi connectivity index (χ3n) is 3.22. The highest BCUT2D eigenvalue weighted by atomic mass is 16.2. The van der Waals surface area contributed by atoms with E-state index in [1.165, 1.54) is 32.1 Å². The molecule has 80 valence electrons. The Morgan fingerprint density at radius 3 is 2.64 bits per heavy atom. The maximum atomic E-state index is 11.4. The maximum Gasteiger partial charge on any atom is 0.219 e. The third-order valence-corrected chi connectivity index (χ3v) is 3.22. The molecule has 0 bridgehead atoms. The van der Waals surface area contributed by atoms with Gasteiger partial charge < -0.3 is 10.2 Å². The van der Waals surface area contributed by atoms with Crippen LogP contribution in [0.25, 0.3) is 0 Å². The van der Waals surface area contributed by atoms with Gasteiger partial charge in [-0.1, -0.05) is 6.42 Å². The number of piperidine rings is 1. The Bertz CT molecular complexity index is 207. The van der Waals surface area contributed by atoms with Gasteiger partial charge in [0.05, 0.1) is 0 Å².